The molecule has 0 atom stereocenters. The van der Waals surface area contributed by atoms with E-state index in [1.165, 1.54) is 17.6 Å². The van der Waals surface area contributed by atoms with Crippen LogP contribution < -0.4 is 0 Å². The molecule has 1 aromatic heterocycles. The summed E-state index contributed by atoms with van der Waals surface area (Å²) in [6.45, 7) is 2.51. The fraction of sp³-hybridized carbons (Fsp3) is 0.636. The molecule has 19 heavy (non-hydrogen) atoms. The number of hydrogen-bond acceptors (Lipinski definition) is 5. The van der Waals surface area contributed by atoms with E-state index in [-0.39, 0.29) is 31.1 Å². The van der Waals surface area contributed by atoms with Crippen molar-refractivity contribution in [1.29, 1.82) is 5.26 Å². The van der Waals surface area contributed by atoms with Crippen LogP contribution in [0.15, 0.2) is 11.2 Å². The van der Waals surface area contributed by atoms with Gasteiger partial charge in [0.1, 0.15) is 5.82 Å². The van der Waals surface area contributed by atoms with Gasteiger partial charge in [-0.3, -0.25) is 0 Å². The van der Waals surface area contributed by atoms with Gasteiger partial charge in [-0.15, -0.1) is 0 Å². The second-order valence-corrected chi connectivity index (χ2v) is 5.76. The summed E-state index contributed by atoms with van der Waals surface area (Å²) in [4.78, 5) is 6.76. The van der Waals surface area contributed by atoms with Crippen molar-refractivity contribution in [3.05, 3.63) is 12.0 Å². The fourth-order valence-electron chi connectivity index (χ4n) is 1.51. The van der Waals surface area contributed by atoms with Crippen molar-refractivity contribution < 1.29 is 13.2 Å². The quantitative estimate of drug-likeness (QED) is 0.751. The SMILES string of the molecule is CCc1ncc(S(=O)(=O)N(CCC#N)CCOC)[nH]1. The van der Waals surface area contributed by atoms with Gasteiger partial charge in [-0.1, -0.05) is 6.92 Å². The van der Waals surface area contributed by atoms with E-state index in [4.69, 9.17) is 10.00 Å². The Morgan fingerprint density at radius 1 is 1.53 bits per heavy atom. The Labute approximate surface area is 113 Å². The third-order valence-corrected chi connectivity index (χ3v) is 4.38. The van der Waals surface area contributed by atoms with E-state index in [9.17, 15) is 8.42 Å². The number of nitrogens with zero attached hydrogens (tertiary/aromatic N) is 3. The van der Waals surface area contributed by atoms with Gasteiger partial charge >= 0.3 is 0 Å². The van der Waals surface area contributed by atoms with Crippen LogP contribution in [-0.2, 0) is 21.2 Å². The summed E-state index contributed by atoms with van der Waals surface area (Å²) < 4.78 is 30.8. The van der Waals surface area contributed by atoms with Crippen LogP contribution in [0.5, 0.6) is 0 Å². The number of H-pyrrole nitrogens is 1. The third kappa shape index (κ3) is 4.02. The molecule has 0 radical (unpaired) electrons. The summed E-state index contributed by atoms with van der Waals surface area (Å²) in [6.07, 6.45) is 2.07. The predicted octanol–water partition coefficient (Wildman–Crippen LogP) is 0.523. The number of sulfonamides is 1. The Kier molecular flexibility index (Phi) is 5.95. The van der Waals surface area contributed by atoms with Crippen molar-refractivity contribution in [2.24, 2.45) is 0 Å². The standard InChI is InChI=1S/C11H18N4O3S/c1-3-10-13-9-11(14-10)19(16,17)15(6-4-5-12)7-8-18-2/h9H,3-4,6-8H2,1-2H3,(H,13,14). The van der Waals surface area contributed by atoms with Gasteiger partial charge in [-0.25, -0.2) is 13.4 Å². The molecule has 0 bridgehead atoms. The summed E-state index contributed by atoms with van der Waals surface area (Å²) in [5, 5.41) is 8.65. The molecule has 0 fully saturated rings. The number of ether oxygens (including phenoxy) is 1. The molecule has 0 aromatic carbocycles. The Balaban J connectivity index is 2.94. The van der Waals surface area contributed by atoms with Crippen molar-refractivity contribution >= 4 is 10.0 Å². The normalized spacial score (nSPS) is 11.7. The topological polar surface area (TPSA) is 99.1 Å². The van der Waals surface area contributed by atoms with Crippen LogP contribution in [0.2, 0.25) is 0 Å². The van der Waals surface area contributed by atoms with Crippen LogP contribution in [0.1, 0.15) is 19.2 Å². The van der Waals surface area contributed by atoms with Crippen LogP contribution in [0.4, 0.5) is 0 Å². The Morgan fingerprint density at radius 2 is 2.26 bits per heavy atom. The van der Waals surface area contributed by atoms with Gasteiger partial charge in [0, 0.05) is 33.0 Å². The molecule has 7 nitrogen and oxygen atoms in total. The maximum Gasteiger partial charge on any atom is 0.260 e. The van der Waals surface area contributed by atoms with Crippen molar-refractivity contribution in [2.75, 3.05) is 26.8 Å². The predicted molar refractivity (Wildman–Crippen MR) is 68.8 cm³/mol. The van der Waals surface area contributed by atoms with Gasteiger partial charge in [0.25, 0.3) is 10.0 Å². The van der Waals surface area contributed by atoms with Gasteiger partial charge in [0.2, 0.25) is 0 Å². The zero-order valence-electron chi connectivity index (χ0n) is 11.1. The number of nitriles is 1. The number of imidazole rings is 1. The smallest absolute Gasteiger partial charge is 0.260 e. The second kappa shape index (κ2) is 7.23. The van der Waals surface area contributed by atoms with Crippen molar-refractivity contribution in [1.82, 2.24) is 14.3 Å². The van der Waals surface area contributed by atoms with Crippen molar-refractivity contribution in [2.45, 2.75) is 24.8 Å². The van der Waals surface area contributed by atoms with Crippen LogP contribution in [0, 0.1) is 11.3 Å². The van der Waals surface area contributed by atoms with E-state index in [0.717, 1.165) is 0 Å². The van der Waals surface area contributed by atoms with Gasteiger partial charge < -0.3 is 9.72 Å². The minimum atomic E-state index is -3.65. The molecule has 1 heterocycles. The Morgan fingerprint density at radius 3 is 2.79 bits per heavy atom. The molecule has 1 aromatic rings. The highest BCUT2D eigenvalue weighted by Gasteiger charge is 2.25. The Bertz CT molecular complexity index is 532. The minimum absolute atomic E-state index is 0.0541. The maximum atomic E-state index is 12.4. The number of aromatic amines is 1. The van der Waals surface area contributed by atoms with E-state index in [1.54, 1.807) is 0 Å². The highest BCUT2D eigenvalue weighted by molar-refractivity contribution is 7.89. The minimum Gasteiger partial charge on any atom is -0.383 e. The molecular formula is C11H18N4O3S. The first-order valence-electron chi connectivity index (χ1n) is 5.96. The summed E-state index contributed by atoms with van der Waals surface area (Å²) in [7, 11) is -2.15. The van der Waals surface area contributed by atoms with Crippen LogP contribution in [0.3, 0.4) is 0 Å². The molecule has 106 valence electrons. The second-order valence-electron chi connectivity index (χ2n) is 3.85. The highest BCUT2D eigenvalue weighted by Crippen LogP contribution is 2.14. The number of nitrogens with one attached hydrogen (secondary N) is 1. The molecule has 0 spiro atoms. The molecular weight excluding hydrogens is 268 g/mol. The zero-order chi connectivity index (χ0) is 14.3. The van der Waals surface area contributed by atoms with E-state index in [1.807, 2.05) is 13.0 Å². The molecule has 0 amide bonds. The molecule has 1 rings (SSSR count). The van der Waals surface area contributed by atoms with Crippen molar-refractivity contribution in [3.63, 3.8) is 0 Å². The largest absolute Gasteiger partial charge is 0.383 e. The number of aromatic nitrogens is 2. The lowest BCUT2D eigenvalue weighted by Gasteiger charge is -2.19. The Hall–Kier alpha value is -1.43. The number of rotatable bonds is 8. The summed E-state index contributed by atoms with van der Waals surface area (Å²) in [5.74, 6) is 0.616. The molecule has 0 saturated carbocycles. The number of aryl methyl sites for hydroxylation is 1. The first-order chi connectivity index (χ1) is 9.06. The van der Waals surface area contributed by atoms with E-state index >= 15 is 0 Å². The summed E-state index contributed by atoms with van der Waals surface area (Å²) in [6, 6.07) is 1.94. The molecule has 0 aliphatic rings. The molecule has 0 aliphatic carbocycles. The molecule has 0 saturated heterocycles. The monoisotopic (exact) mass is 286 g/mol. The van der Waals surface area contributed by atoms with E-state index in [2.05, 4.69) is 9.97 Å². The van der Waals surface area contributed by atoms with Crippen molar-refractivity contribution in [3.8, 4) is 6.07 Å². The lowest BCUT2D eigenvalue weighted by atomic mass is 10.4. The van der Waals surface area contributed by atoms with Gasteiger partial charge in [-0.05, 0) is 0 Å². The number of hydrogen-bond donors (Lipinski definition) is 1. The lowest BCUT2D eigenvalue weighted by Crippen LogP contribution is -2.35. The van der Waals surface area contributed by atoms with Crippen LogP contribution in [-0.4, -0.2) is 49.5 Å². The third-order valence-electron chi connectivity index (χ3n) is 2.58. The first-order valence-corrected chi connectivity index (χ1v) is 7.40. The zero-order valence-corrected chi connectivity index (χ0v) is 11.9. The molecule has 0 aliphatic heterocycles. The average Bonchev–Trinajstić information content (AvgIpc) is 2.88. The average molecular weight is 286 g/mol. The van der Waals surface area contributed by atoms with Gasteiger partial charge in [-0.2, -0.15) is 9.57 Å². The van der Waals surface area contributed by atoms with E-state index in [0.29, 0.717) is 12.2 Å². The maximum absolute atomic E-state index is 12.4. The van der Waals surface area contributed by atoms with Crippen LogP contribution in [0.25, 0.3) is 0 Å². The molecule has 1 N–H and O–H groups in total. The summed E-state index contributed by atoms with van der Waals surface area (Å²) >= 11 is 0. The number of methoxy groups -OCH3 is 1. The fourth-order valence-corrected chi connectivity index (χ4v) is 2.87. The molecule has 8 heteroatoms. The van der Waals surface area contributed by atoms with E-state index < -0.39 is 10.0 Å². The van der Waals surface area contributed by atoms with Gasteiger partial charge in [0.15, 0.2) is 5.03 Å². The highest BCUT2D eigenvalue weighted by atomic mass is 32.2. The lowest BCUT2D eigenvalue weighted by molar-refractivity contribution is 0.179. The first kappa shape index (κ1) is 15.6. The van der Waals surface area contributed by atoms with Crippen LogP contribution >= 0.6 is 0 Å². The van der Waals surface area contributed by atoms with Gasteiger partial charge in [0.05, 0.1) is 18.9 Å². The molecule has 0 unspecified atom stereocenters. The summed E-state index contributed by atoms with van der Waals surface area (Å²) in [5.41, 5.74) is 0.